The highest BCUT2D eigenvalue weighted by Crippen LogP contribution is 2.18. The molecule has 0 aromatic rings. The van der Waals surface area contributed by atoms with Crippen LogP contribution in [0.15, 0.2) is 0 Å². The Morgan fingerprint density at radius 1 is 1.13 bits per heavy atom. The van der Waals surface area contributed by atoms with E-state index in [4.69, 9.17) is 0 Å². The molecule has 1 saturated heterocycles. The van der Waals surface area contributed by atoms with Gasteiger partial charge in [-0.3, -0.25) is 0 Å². The van der Waals surface area contributed by atoms with Crippen molar-refractivity contribution in [3.05, 3.63) is 0 Å². The maximum atomic E-state index is 3.73. The van der Waals surface area contributed by atoms with E-state index < -0.39 is 0 Å². The first kappa shape index (κ1) is 11.4. The van der Waals surface area contributed by atoms with Gasteiger partial charge < -0.3 is 10.2 Å². The van der Waals surface area contributed by atoms with Gasteiger partial charge in [0, 0.05) is 12.6 Å². The smallest absolute Gasteiger partial charge is 0.00671 e. The second-order valence-electron chi connectivity index (χ2n) is 5.50. The molecule has 1 heterocycles. The molecule has 1 N–H and O–H groups in total. The van der Waals surface area contributed by atoms with E-state index in [0.717, 1.165) is 12.0 Å². The standard InChI is InChI=1S/C13H26N2/c1-12(11-15-8-4-5-9-15)10-14-13-6-2-3-7-13/h12-14H,2-11H2,1H3. The van der Waals surface area contributed by atoms with Crippen LogP contribution >= 0.6 is 0 Å². The number of rotatable bonds is 5. The van der Waals surface area contributed by atoms with E-state index in [2.05, 4.69) is 17.1 Å². The predicted molar refractivity (Wildman–Crippen MR) is 65.1 cm³/mol. The highest BCUT2D eigenvalue weighted by Gasteiger charge is 2.17. The van der Waals surface area contributed by atoms with Gasteiger partial charge in [-0.25, -0.2) is 0 Å². The summed E-state index contributed by atoms with van der Waals surface area (Å²) in [4.78, 5) is 2.63. The normalized spacial score (nSPS) is 26.2. The lowest BCUT2D eigenvalue weighted by Gasteiger charge is -2.22. The third-order valence-electron chi connectivity index (χ3n) is 3.88. The molecule has 2 nitrogen and oxygen atoms in total. The summed E-state index contributed by atoms with van der Waals surface area (Å²) in [6.45, 7) is 7.60. The fourth-order valence-electron chi connectivity index (χ4n) is 2.97. The van der Waals surface area contributed by atoms with E-state index in [1.165, 1.54) is 64.7 Å². The lowest BCUT2D eigenvalue weighted by atomic mass is 10.1. The zero-order chi connectivity index (χ0) is 10.5. The van der Waals surface area contributed by atoms with Gasteiger partial charge in [0.05, 0.1) is 0 Å². The Bertz CT molecular complexity index is 169. The lowest BCUT2D eigenvalue weighted by molar-refractivity contribution is 0.278. The van der Waals surface area contributed by atoms with E-state index in [1.54, 1.807) is 0 Å². The van der Waals surface area contributed by atoms with Crippen molar-refractivity contribution in [1.82, 2.24) is 10.2 Å². The van der Waals surface area contributed by atoms with E-state index in [0.29, 0.717) is 0 Å². The Morgan fingerprint density at radius 3 is 2.47 bits per heavy atom. The minimum atomic E-state index is 0.823. The first-order chi connectivity index (χ1) is 7.34. The number of likely N-dealkylation sites (tertiary alicyclic amines) is 1. The van der Waals surface area contributed by atoms with Gasteiger partial charge in [0.15, 0.2) is 0 Å². The molecule has 1 atom stereocenters. The molecule has 2 fully saturated rings. The summed E-state index contributed by atoms with van der Waals surface area (Å²) in [7, 11) is 0. The first-order valence-corrected chi connectivity index (χ1v) is 6.80. The summed E-state index contributed by atoms with van der Waals surface area (Å²) >= 11 is 0. The van der Waals surface area contributed by atoms with Crippen LogP contribution in [0.5, 0.6) is 0 Å². The molecular weight excluding hydrogens is 184 g/mol. The van der Waals surface area contributed by atoms with Crippen LogP contribution in [0.4, 0.5) is 0 Å². The minimum Gasteiger partial charge on any atom is -0.314 e. The van der Waals surface area contributed by atoms with Crippen molar-refractivity contribution < 1.29 is 0 Å². The van der Waals surface area contributed by atoms with Crippen molar-refractivity contribution in [2.24, 2.45) is 5.92 Å². The quantitative estimate of drug-likeness (QED) is 0.749. The Labute approximate surface area is 94.4 Å². The van der Waals surface area contributed by atoms with Crippen LogP contribution in [-0.4, -0.2) is 37.1 Å². The van der Waals surface area contributed by atoms with Gasteiger partial charge in [0.1, 0.15) is 0 Å². The molecular formula is C13H26N2. The highest BCUT2D eigenvalue weighted by molar-refractivity contribution is 4.76. The molecule has 0 radical (unpaired) electrons. The number of nitrogens with one attached hydrogen (secondary N) is 1. The van der Waals surface area contributed by atoms with Crippen LogP contribution < -0.4 is 5.32 Å². The molecule has 2 heteroatoms. The number of hydrogen-bond acceptors (Lipinski definition) is 2. The first-order valence-electron chi connectivity index (χ1n) is 6.80. The van der Waals surface area contributed by atoms with Crippen LogP contribution in [0.2, 0.25) is 0 Å². The van der Waals surface area contributed by atoms with Gasteiger partial charge in [-0.05, 0) is 51.2 Å². The van der Waals surface area contributed by atoms with Crippen LogP contribution in [-0.2, 0) is 0 Å². The van der Waals surface area contributed by atoms with E-state index in [-0.39, 0.29) is 0 Å². The summed E-state index contributed by atoms with van der Waals surface area (Å²) < 4.78 is 0. The molecule has 2 rings (SSSR count). The van der Waals surface area contributed by atoms with Crippen molar-refractivity contribution >= 4 is 0 Å². The van der Waals surface area contributed by atoms with Crippen LogP contribution in [0, 0.1) is 5.92 Å². The molecule has 0 aromatic carbocycles. The van der Waals surface area contributed by atoms with Crippen molar-refractivity contribution in [1.29, 1.82) is 0 Å². The van der Waals surface area contributed by atoms with Crippen molar-refractivity contribution in [2.75, 3.05) is 26.2 Å². The summed E-state index contributed by atoms with van der Waals surface area (Å²) in [5.74, 6) is 0.823. The Hall–Kier alpha value is -0.0800. The molecule has 1 aliphatic heterocycles. The minimum absolute atomic E-state index is 0.823. The molecule has 88 valence electrons. The molecule has 2 aliphatic rings. The molecule has 0 amide bonds. The topological polar surface area (TPSA) is 15.3 Å². The zero-order valence-electron chi connectivity index (χ0n) is 10.2. The number of nitrogens with zero attached hydrogens (tertiary/aromatic N) is 1. The maximum absolute atomic E-state index is 3.73. The Balaban J connectivity index is 1.57. The Kier molecular flexibility index (Phi) is 4.45. The average Bonchev–Trinajstić information content (AvgIpc) is 2.86. The monoisotopic (exact) mass is 210 g/mol. The summed E-state index contributed by atoms with van der Waals surface area (Å²) in [5, 5.41) is 3.73. The third kappa shape index (κ3) is 3.76. The molecule has 0 aromatic heterocycles. The second kappa shape index (κ2) is 5.86. The van der Waals surface area contributed by atoms with Crippen LogP contribution in [0.1, 0.15) is 45.4 Å². The van der Waals surface area contributed by atoms with E-state index in [1.807, 2.05) is 0 Å². The Morgan fingerprint density at radius 2 is 1.80 bits per heavy atom. The highest BCUT2D eigenvalue weighted by atomic mass is 15.1. The lowest BCUT2D eigenvalue weighted by Crippen LogP contribution is -2.35. The van der Waals surface area contributed by atoms with Gasteiger partial charge in [-0.1, -0.05) is 19.8 Å². The van der Waals surface area contributed by atoms with Gasteiger partial charge in [0.25, 0.3) is 0 Å². The second-order valence-corrected chi connectivity index (χ2v) is 5.50. The summed E-state index contributed by atoms with van der Waals surface area (Å²) in [5.41, 5.74) is 0. The third-order valence-corrected chi connectivity index (χ3v) is 3.88. The summed E-state index contributed by atoms with van der Waals surface area (Å²) in [6.07, 6.45) is 8.55. The molecule has 15 heavy (non-hydrogen) atoms. The molecule has 1 unspecified atom stereocenters. The van der Waals surface area contributed by atoms with Crippen LogP contribution in [0.3, 0.4) is 0 Å². The van der Waals surface area contributed by atoms with Crippen molar-refractivity contribution in [2.45, 2.75) is 51.5 Å². The fraction of sp³-hybridized carbons (Fsp3) is 1.00. The molecule has 0 bridgehead atoms. The van der Waals surface area contributed by atoms with Gasteiger partial charge >= 0.3 is 0 Å². The van der Waals surface area contributed by atoms with E-state index >= 15 is 0 Å². The SMILES string of the molecule is CC(CNC1CCCC1)CN1CCCC1. The van der Waals surface area contributed by atoms with Crippen molar-refractivity contribution in [3.8, 4) is 0 Å². The van der Waals surface area contributed by atoms with Crippen molar-refractivity contribution in [3.63, 3.8) is 0 Å². The molecule has 1 aliphatic carbocycles. The van der Waals surface area contributed by atoms with Gasteiger partial charge in [-0.2, -0.15) is 0 Å². The molecule has 1 saturated carbocycles. The van der Waals surface area contributed by atoms with Gasteiger partial charge in [-0.15, -0.1) is 0 Å². The number of hydrogen-bond donors (Lipinski definition) is 1. The van der Waals surface area contributed by atoms with E-state index in [9.17, 15) is 0 Å². The van der Waals surface area contributed by atoms with Crippen LogP contribution in [0.25, 0.3) is 0 Å². The predicted octanol–water partition coefficient (Wildman–Crippen LogP) is 2.25. The molecule has 0 spiro atoms. The summed E-state index contributed by atoms with van der Waals surface area (Å²) in [6, 6.07) is 0.839. The fourth-order valence-corrected chi connectivity index (χ4v) is 2.97. The maximum Gasteiger partial charge on any atom is 0.00671 e. The largest absolute Gasteiger partial charge is 0.314 e. The average molecular weight is 210 g/mol. The van der Waals surface area contributed by atoms with Gasteiger partial charge in [0.2, 0.25) is 0 Å². The zero-order valence-corrected chi connectivity index (χ0v) is 10.2.